The van der Waals surface area contributed by atoms with E-state index in [1.807, 2.05) is 38.4 Å². The van der Waals surface area contributed by atoms with E-state index < -0.39 is 16.6 Å². The summed E-state index contributed by atoms with van der Waals surface area (Å²) in [6.45, 7) is 12.7. The average molecular weight is 775 g/mol. The van der Waals surface area contributed by atoms with Crippen molar-refractivity contribution < 1.29 is 18.5 Å². The van der Waals surface area contributed by atoms with Gasteiger partial charge in [0.1, 0.15) is 28.2 Å². The number of hydrogen-bond acceptors (Lipinski definition) is 9. The van der Waals surface area contributed by atoms with Crippen LogP contribution in [0, 0.1) is 17.8 Å². The van der Waals surface area contributed by atoms with Crippen LogP contribution < -0.4 is 19.3 Å². The second-order valence-electron chi connectivity index (χ2n) is 15.7. The van der Waals surface area contributed by atoms with E-state index in [1.165, 1.54) is 11.1 Å². The van der Waals surface area contributed by atoms with Gasteiger partial charge in [-0.1, -0.05) is 50.1 Å². The maximum Gasteiger partial charge on any atom is 0.263 e. The second-order valence-corrected chi connectivity index (χ2v) is 17.6. The summed E-state index contributed by atoms with van der Waals surface area (Å²) in [5, 5.41) is 0.505. The third kappa shape index (κ3) is 8.34. The fourth-order valence-electron chi connectivity index (χ4n) is 8.81. The SMILES string of the molecule is CCCc1cc(Cl)ccc1C1COc2ccc3cc2N(C1)CC1CCC1C(CN1CCN(c2cnccn2)CC1)(OC)/C=C/CC(C)C(C)S(=O)NC3=O. The van der Waals surface area contributed by atoms with Gasteiger partial charge in [0.15, 0.2) is 0 Å². The van der Waals surface area contributed by atoms with Crippen LogP contribution in [0.5, 0.6) is 5.75 Å². The molecule has 1 amide bonds. The standard InChI is InChI=1S/C42H55ClN6O4S/c1-5-7-31-22-35(43)11-12-36(31)34-26-49-25-33-9-13-37(33)42(52-4,28-47-18-20-48(21-19-47)40-24-44-16-17-45-40)15-6-8-29(2)30(3)54(51)46-41(50)32-10-14-39(53-27-34)38(49)23-32/h6,10-12,14-17,22-24,29-30,33-34,37H,5,7-9,13,18-21,25-28H2,1-4H3,(H,46,50)/b15-6+. The summed E-state index contributed by atoms with van der Waals surface area (Å²) in [6.07, 6.45) is 14.7. The largest absolute Gasteiger partial charge is 0.491 e. The van der Waals surface area contributed by atoms with E-state index >= 15 is 0 Å². The van der Waals surface area contributed by atoms with Gasteiger partial charge in [0.05, 0.1) is 23.7 Å². The minimum absolute atomic E-state index is 0.0795. The number of rotatable bonds is 7. The summed E-state index contributed by atoms with van der Waals surface area (Å²) in [5.74, 6) is 2.18. The third-order valence-electron chi connectivity index (χ3n) is 12.3. The van der Waals surface area contributed by atoms with Gasteiger partial charge in [-0.25, -0.2) is 9.19 Å². The summed E-state index contributed by atoms with van der Waals surface area (Å²) in [6, 6.07) is 11.9. The first-order valence-corrected chi connectivity index (χ1v) is 21.2. The zero-order chi connectivity index (χ0) is 37.8. The van der Waals surface area contributed by atoms with E-state index in [0.717, 1.165) is 100 Å². The number of ether oxygens (including phenoxy) is 2. The quantitative estimate of drug-likeness (QED) is 0.264. The second kappa shape index (κ2) is 17.1. The molecule has 12 heteroatoms. The van der Waals surface area contributed by atoms with Gasteiger partial charge in [0, 0.05) is 81.8 Å². The molecule has 2 aromatic carbocycles. The van der Waals surface area contributed by atoms with E-state index in [0.29, 0.717) is 18.1 Å². The van der Waals surface area contributed by atoms with Gasteiger partial charge in [-0.3, -0.25) is 19.4 Å². The first-order chi connectivity index (χ1) is 26.2. The number of fused-ring (bicyclic) bond motifs is 2. The molecule has 2 fully saturated rings. The molecule has 4 heterocycles. The number of piperazine rings is 1. The monoisotopic (exact) mass is 774 g/mol. The van der Waals surface area contributed by atoms with Gasteiger partial charge < -0.3 is 19.3 Å². The lowest BCUT2D eigenvalue weighted by atomic mass is 9.63. The highest BCUT2D eigenvalue weighted by molar-refractivity contribution is 7.84. The fourth-order valence-corrected chi connectivity index (χ4v) is 10.0. The van der Waals surface area contributed by atoms with E-state index in [9.17, 15) is 9.00 Å². The van der Waals surface area contributed by atoms with Crippen molar-refractivity contribution in [3.63, 3.8) is 0 Å². The Morgan fingerprint density at radius 2 is 1.89 bits per heavy atom. The predicted molar refractivity (Wildman–Crippen MR) is 217 cm³/mol. The molecule has 1 aromatic heterocycles. The topological polar surface area (TPSA) is 100 Å². The van der Waals surface area contributed by atoms with Crippen LogP contribution in [0.15, 0.2) is 67.1 Å². The number of anilines is 2. The Bertz CT molecular complexity index is 1820. The predicted octanol–water partition coefficient (Wildman–Crippen LogP) is 6.68. The zero-order valence-electron chi connectivity index (χ0n) is 32.1. The van der Waals surface area contributed by atoms with E-state index in [-0.39, 0.29) is 28.9 Å². The van der Waals surface area contributed by atoms with Crippen molar-refractivity contribution in [1.82, 2.24) is 19.6 Å². The van der Waals surface area contributed by atoms with Gasteiger partial charge >= 0.3 is 0 Å². The summed E-state index contributed by atoms with van der Waals surface area (Å²) in [5.41, 5.74) is 3.41. The zero-order valence-corrected chi connectivity index (χ0v) is 33.7. The number of halogens is 1. The van der Waals surface area contributed by atoms with Crippen molar-refractivity contribution in [3.05, 3.63) is 88.9 Å². The molecule has 0 radical (unpaired) electrons. The Morgan fingerprint density at radius 3 is 2.61 bits per heavy atom. The van der Waals surface area contributed by atoms with E-state index in [1.54, 1.807) is 18.5 Å². The molecular weight excluding hydrogens is 720 g/mol. The number of methoxy groups -OCH3 is 1. The normalized spacial score (nSPS) is 30.0. The average Bonchev–Trinajstić information content (AvgIpc) is 3.35. The minimum Gasteiger partial charge on any atom is -0.491 e. The van der Waals surface area contributed by atoms with Gasteiger partial charge in [-0.05, 0) is 91.8 Å². The maximum absolute atomic E-state index is 13.6. The molecule has 2 bridgehead atoms. The van der Waals surface area contributed by atoms with Crippen LogP contribution >= 0.6 is 11.6 Å². The number of allylic oxidation sites excluding steroid dienone is 1. The molecule has 7 rings (SSSR count). The molecule has 1 saturated carbocycles. The lowest BCUT2D eigenvalue weighted by molar-refractivity contribution is -0.0919. The van der Waals surface area contributed by atoms with Crippen molar-refractivity contribution in [2.24, 2.45) is 17.8 Å². The first-order valence-electron chi connectivity index (χ1n) is 19.7. The highest BCUT2D eigenvalue weighted by Crippen LogP contribution is 2.47. The third-order valence-corrected chi connectivity index (χ3v) is 14.1. The molecule has 0 spiro atoms. The Labute approximate surface area is 328 Å². The number of benzene rings is 2. The summed E-state index contributed by atoms with van der Waals surface area (Å²) in [7, 11) is 0.312. The number of nitrogens with zero attached hydrogens (tertiary/aromatic N) is 5. The Kier molecular flexibility index (Phi) is 12.3. The van der Waals surface area contributed by atoms with Crippen LogP contribution in [-0.4, -0.2) is 95.4 Å². The molecule has 1 N–H and O–H groups in total. The van der Waals surface area contributed by atoms with Gasteiger partial charge in [0.25, 0.3) is 5.91 Å². The van der Waals surface area contributed by atoms with E-state index in [4.69, 9.17) is 21.1 Å². The minimum atomic E-state index is -1.56. The smallest absolute Gasteiger partial charge is 0.263 e. The van der Waals surface area contributed by atoms with Crippen molar-refractivity contribution in [1.29, 1.82) is 0 Å². The van der Waals surface area contributed by atoms with Gasteiger partial charge in [-0.2, -0.15) is 0 Å². The highest BCUT2D eigenvalue weighted by Gasteiger charge is 2.48. The molecule has 10 nitrogen and oxygen atoms in total. The van der Waals surface area contributed by atoms with Crippen molar-refractivity contribution in [3.8, 4) is 5.75 Å². The van der Waals surface area contributed by atoms with Crippen LogP contribution in [-0.2, 0) is 22.1 Å². The molecule has 1 aliphatic carbocycles. The lowest BCUT2D eigenvalue weighted by Gasteiger charge is -2.52. The number of aromatic nitrogens is 2. The molecule has 3 aromatic rings. The molecule has 7 unspecified atom stereocenters. The number of carbonyl (C=O) groups excluding carboxylic acids is 1. The van der Waals surface area contributed by atoms with Crippen LogP contribution in [0.2, 0.25) is 5.02 Å². The van der Waals surface area contributed by atoms with Crippen molar-refractivity contribution in [2.75, 3.05) is 69.3 Å². The van der Waals surface area contributed by atoms with Crippen LogP contribution in [0.25, 0.3) is 0 Å². The number of hydrogen-bond donors (Lipinski definition) is 1. The maximum atomic E-state index is 13.6. The van der Waals surface area contributed by atoms with Crippen molar-refractivity contribution in [2.45, 2.75) is 69.6 Å². The number of nitrogens with one attached hydrogen (secondary N) is 1. The summed E-state index contributed by atoms with van der Waals surface area (Å²) < 4.78 is 29.7. The van der Waals surface area contributed by atoms with Gasteiger partial charge in [-0.15, -0.1) is 0 Å². The van der Waals surface area contributed by atoms with E-state index in [2.05, 4.69) is 67.5 Å². The molecule has 54 heavy (non-hydrogen) atoms. The Hall–Kier alpha value is -3.51. The molecule has 1 saturated heterocycles. The molecule has 7 atom stereocenters. The molecule has 4 aliphatic rings. The molecule has 3 aliphatic heterocycles. The lowest BCUT2D eigenvalue weighted by Crippen LogP contribution is -2.58. The first kappa shape index (κ1) is 38.8. The Balaban J connectivity index is 1.22. The molecule has 290 valence electrons. The van der Waals surface area contributed by atoms with Crippen LogP contribution in [0.3, 0.4) is 0 Å². The number of aryl methyl sites for hydroxylation is 1. The number of carbonyl (C=O) groups is 1. The summed E-state index contributed by atoms with van der Waals surface area (Å²) in [4.78, 5) is 29.7. The molecular formula is C42H55ClN6O4S. The van der Waals surface area contributed by atoms with Crippen LogP contribution in [0.1, 0.15) is 73.9 Å². The Morgan fingerprint density at radius 1 is 1.06 bits per heavy atom. The van der Waals surface area contributed by atoms with Gasteiger partial charge in [0.2, 0.25) is 0 Å². The highest BCUT2D eigenvalue weighted by atomic mass is 35.5. The van der Waals surface area contributed by atoms with Crippen LogP contribution in [0.4, 0.5) is 11.5 Å². The number of amides is 1. The summed E-state index contributed by atoms with van der Waals surface area (Å²) >= 11 is 6.51. The van der Waals surface area contributed by atoms with Crippen molar-refractivity contribution >= 4 is 40.0 Å². The fraction of sp³-hybridized carbons (Fsp3) is 0.548.